The van der Waals surface area contributed by atoms with Crippen LogP contribution in [0.1, 0.15) is 121 Å². The zero-order valence-electron chi connectivity index (χ0n) is 50.7. The number of nitrogens with one attached hydrogen (secondary N) is 6. The SMILES string of the molecule is C.C.CC(C)C[C@H](NC(=O)[C@H](Cc1ccccc1)NC(=O)[C@@H](N)CC(C)C)C(=O)[C@@]1(C)CO1.COc1ccc(N=C=O)cc1.COc1ccc(NC(=O)N[C@@H](CC(C)C)C(=O)N[C@@H](Cc2ccccc2)C(=O)N[C@@H](CC(C)C)C(=O)[C@@]2(C)CO2)cc1. The van der Waals surface area contributed by atoms with Gasteiger partial charge in [-0.1, -0.05) is 131 Å². The van der Waals surface area contributed by atoms with Gasteiger partial charge in [0.05, 0.1) is 51.2 Å². The number of aliphatic imine (C=N–C) groups is 1. The van der Waals surface area contributed by atoms with Crippen LogP contribution in [0.25, 0.3) is 0 Å². The number of hydrogen-bond donors (Lipinski definition) is 7. The summed E-state index contributed by atoms with van der Waals surface area (Å²) in [5, 5.41) is 16.9. The van der Waals surface area contributed by atoms with Crippen molar-refractivity contribution in [2.24, 2.45) is 34.4 Å². The number of amides is 6. The molecule has 6 rings (SSSR count). The van der Waals surface area contributed by atoms with Gasteiger partial charge in [0.25, 0.3) is 0 Å². The molecule has 20 heteroatoms. The molecule has 2 aliphatic rings. The summed E-state index contributed by atoms with van der Waals surface area (Å²) in [6.07, 6.45) is 3.80. The van der Waals surface area contributed by atoms with Crippen LogP contribution in [0, 0.1) is 23.7 Å². The van der Waals surface area contributed by atoms with E-state index in [1.165, 1.54) is 6.08 Å². The molecule has 0 bridgehead atoms. The first-order chi connectivity index (χ1) is 39.8. The number of nitrogens with zero attached hydrogens (tertiary/aromatic N) is 1. The topological polar surface area (TPSA) is 291 Å². The molecule has 2 fully saturated rings. The zero-order chi connectivity index (χ0) is 62.1. The van der Waals surface area contributed by atoms with Crippen LogP contribution in [0.4, 0.5) is 16.2 Å². The molecule has 20 nitrogen and oxygen atoms in total. The van der Waals surface area contributed by atoms with Crippen LogP contribution in [-0.2, 0) is 55.9 Å². The molecule has 2 aliphatic heterocycles. The fourth-order valence-corrected chi connectivity index (χ4v) is 8.88. The van der Waals surface area contributed by atoms with E-state index in [0.717, 1.165) is 16.9 Å². The van der Waals surface area contributed by atoms with Gasteiger partial charge >= 0.3 is 6.03 Å². The molecule has 0 radical (unpaired) electrons. The molecule has 8 N–H and O–H groups in total. The van der Waals surface area contributed by atoms with Crippen molar-refractivity contribution < 1.29 is 57.3 Å². The van der Waals surface area contributed by atoms with Gasteiger partial charge in [-0.2, -0.15) is 4.99 Å². The predicted octanol–water partition coefficient (Wildman–Crippen LogP) is 8.76. The van der Waals surface area contributed by atoms with Gasteiger partial charge in [-0.15, -0.1) is 0 Å². The number of epoxide rings is 2. The standard InChI is InChI=1S/C32H44N4O6.C24H37N3O4.C8H7NO2.2CH4/c1-20(2)16-25(28(37)32(5)19-42-32)34-30(39)27(18-22-10-8-7-9-11-22)35-29(38)26(17-21(3)4)36-31(40)33-23-12-14-24(41-6)15-13-23;1-15(2)11-18(25)22(29)27-20(13-17-9-7-6-8-10-17)23(30)26-19(12-16(3)4)21(28)24(5)14-31-24;1-11-8-4-2-7(3-5-8)9-6-10;;/h7-15,20-21,25-27H,16-19H2,1-6H3,(H,34,39)(H,35,38)(H2,33,36,40);6-10,15-16,18-20H,11-14,25H2,1-5H3,(H,26,30)(H,27,29);2-5H,1H3;2*1H4/t25-,26-,27-,32+;18-,19-,20-,24+;;;/m00.../s1. The summed E-state index contributed by atoms with van der Waals surface area (Å²) >= 11 is 0. The fraction of sp³-hybridized carbons (Fsp3) is 0.515. The maximum Gasteiger partial charge on any atom is 0.319 e. The lowest BCUT2D eigenvalue weighted by molar-refractivity contribution is -0.133. The second-order valence-electron chi connectivity index (χ2n) is 23.3. The molecular formula is C66H96N8O12. The molecule has 472 valence electrons. The first-order valence-electron chi connectivity index (χ1n) is 28.6. The maximum absolute atomic E-state index is 13.7. The van der Waals surface area contributed by atoms with Crippen LogP contribution < -0.4 is 47.1 Å². The largest absolute Gasteiger partial charge is 0.497 e. The Balaban J connectivity index is 0.000000501. The third-order valence-electron chi connectivity index (χ3n) is 13.7. The molecule has 0 unspecified atom stereocenters. The molecule has 86 heavy (non-hydrogen) atoms. The maximum atomic E-state index is 13.7. The summed E-state index contributed by atoms with van der Waals surface area (Å²) in [5.74, 6) is 0.0593. The van der Waals surface area contributed by atoms with Crippen LogP contribution in [0.15, 0.2) is 114 Å². The summed E-state index contributed by atoms with van der Waals surface area (Å²) in [6.45, 7) is 20.0. The lowest BCUT2D eigenvalue weighted by atomic mass is 9.93. The minimum Gasteiger partial charge on any atom is -0.497 e. The van der Waals surface area contributed by atoms with Crippen molar-refractivity contribution >= 4 is 58.7 Å². The molecule has 4 aromatic carbocycles. The molecule has 0 aliphatic carbocycles. The first-order valence-corrected chi connectivity index (χ1v) is 28.6. The van der Waals surface area contributed by atoms with Gasteiger partial charge in [0.2, 0.25) is 29.7 Å². The number of ketones is 2. The highest BCUT2D eigenvalue weighted by Gasteiger charge is 2.51. The Morgan fingerprint density at radius 2 is 0.860 bits per heavy atom. The Kier molecular flexibility index (Phi) is 31.4. The van der Waals surface area contributed by atoms with E-state index in [1.807, 2.05) is 116 Å². The molecule has 0 spiro atoms. The predicted molar refractivity (Wildman–Crippen MR) is 336 cm³/mol. The fourth-order valence-electron chi connectivity index (χ4n) is 8.88. The van der Waals surface area contributed by atoms with Crippen molar-refractivity contribution in [2.45, 2.75) is 170 Å². The Hall–Kier alpha value is -7.77. The second-order valence-corrected chi connectivity index (χ2v) is 23.3. The van der Waals surface area contributed by atoms with E-state index in [-0.39, 0.29) is 62.4 Å². The highest BCUT2D eigenvalue weighted by Crippen LogP contribution is 2.31. The van der Waals surface area contributed by atoms with Crippen molar-refractivity contribution in [3.63, 3.8) is 0 Å². The van der Waals surface area contributed by atoms with Crippen molar-refractivity contribution in [1.29, 1.82) is 0 Å². The number of urea groups is 1. The summed E-state index contributed by atoms with van der Waals surface area (Å²) in [5.41, 5.74) is 7.17. The first kappa shape index (κ1) is 74.3. The van der Waals surface area contributed by atoms with E-state index in [4.69, 9.17) is 24.7 Å². The third-order valence-corrected chi connectivity index (χ3v) is 13.7. The van der Waals surface area contributed by atoms with Crippen molar-refractivity contribution in [3.8, 4) is 11.5 Å². The van der Waals surface area contributed by atoms with E-state index in [2.05, 4.69) is 36.9 Å². The number of nitrogens with two attached hydrogens (primary N) is 1. The molecule has 4 aromatic rings. The van der Waals surface area contributed by atoms with Gasteiger partial charge in [0.15, 0.2) is 11.6 Å². The summed E-state index contributed by atoms with van der Waals surface area (Å²) in [7, 11) is 3.14. The normalized spacial score (nSPS) is 17.4. The molecule has 2 saturated heterocycles. The van der Waals surface area contributed by atoms with Crippen LogP contribution in [0.2, 0.25) is 0 Å². The van der Waals surface area contributed by atoms with Crippen LogP contribution >= 0.6 is 0 Å². The van der Waals surface area contributed by atoms with E-state index in [9.17, 15) is 38.4 Å². The Bertz CT molecular complexity index is 2800. The number of carbonyl (C=O) groups is 7. The lowest BCUT2D eigenvalue weighted by Gasteiger charge is -2.27. The van der Waals surface area contributed by atoms with Crippen molar-refractivity contribution in [3.05, 3.63) is 120 Å². The molecule has 6 amide bonds. The average Bonchev–Trinajstić information content (AvgIpc) is 2.84. The third kappa shape index (κ3) is 25.8. The molecule has 0 aromatic heterocycles. The van der Waals surface area contributed by atoms with Crippen molar-refractivity contribution in [1.82, 2.24) is 26.6 Å². The highest BCUT2D eigenvalue weighted by atomic mass is 16.6. The van der Waals surface area contributed by atoms with Gasteiger partial charge in [0.1, 0.15) is 40.8 Å². The van der Waals surface area contributed by atoms with E-state index < -0.39 is 71.2 Å². The number of methoxy groups -OCH3 is 2. The number of anilines is 1. The number of hydrogen-bond acceptors (Lipinski definition) is 14. The van der Waals surface area contributed by atoms with Crippen LogP contribution in [0.5, 0.6) is 11.5 Å². The molecule has 8 atom stereocenters. The number of rotatable bonds is 29. The zero-order valence-corrected chi connectivity index (χ0v) is 50.7. The Morgan fingerprint density at radius 3 is 1.22 bits per heavy atom. The Morgan fingerprint density at radius 1 is 0.512 bits per heavy atom. The number of benzene rings is 4. The monoisotopic (exact) mass is 1190 g/mol. The molecular weight excluding hydrogens is 1100 g/mol. The minimum absolute atomic E-state index is 0. The highest BCUT2D eigenvalue weighted by molar-refractivity contribution is 6.00. The van der Waals surface area contributed by atoms with Crippen LogP contribution in [0.3, 0.4) is 0 Å². The van der Waals surface area contributed by atoms with Gasteiger partial charge in [-0.3, -0.25) is 28.8 Å². The van der Waals surface area contributed by atoms with Gasteiger partial charge < -0.3 is 56.6 Å². The van der Waals surface area contributed by atoms with Gasteiger partial charge in [0, 0.05) is 18.5 Å². The lowest BCUT2D eigenvalue weighted by Crippen LogP contribution is -2.57. The number of isocyanates is 1. The van der Waals surface area contributed by atoms with Crippen LogP contribution in [-0.4, -0.2) is 122 Å². The average molecular weight is 1190 g/mol. The van der Waals surface area contributed by atoms with Crippen molar-refractivity contribution in [2.75, 3.05) is 32.8 Å². The summed E-state index contributed by atoms with van der Waals surface area (Å²) in [4.78, 5) is 105. The van der Waals surface area contributed by atoms with Gasteiger partial charge in [-0.05, 0) is 123 Å². The molecule has 0 saturated carbocycles. The minimum atomic E-state index is -0.976. The summed E-state index contributed by atoms with van der Waals surface area (Å²) in [6, 6.07) is 27.1. The smallest absolute Gasteiger partial charge is 0.319 e. The molecule has 2 heterocycles. The second kappa shape index (κ2) is 36.3. The van der Waals surface area contributed by atoms with Gasteiger partial charge in [-0.25, -0.2) is 9.59 Å². The number of ether oxygens (including phenoxy) is 4. The summed E-state index contributed by atoms with van der Waals surface area (Å²) < 4.78 is 20.7. The quantitative estimate of drug-likeness (QED) is 0.0152. The van der Waals surface area contributed by atoms with E-state index in [0.29, 0.717) is 62.4 Å². The number of Topliss-reactive ketones (excluding diaryl/α,β-unsaturated/α-hetero) is 2. The Labute approximate surface area is 509 Å². The van der Waals surface area contributed by atoms with E-state index in [1.54, 1.807) is 76.6 Å². The number of carbonyl (C=O) groups excluding carboxylic acids is 8. The van der Waals surface area contributed by atoms with E-state index >= 15 is 0 Å².